The molecule has 4 fully saturated rings. The lowest BCUT2D eigenvalue weighted by Crippen LogP contribution is -2.44. The molecular formula is C24H30N4O4. The zero-order valence-electron chi connectivity index (χ0n) is 18.4. The predicted octanol–water partition coefficient (Wildman–Crippen LogP) is 1.92. The first-order chi connectivity index (χ1) is 15.5. The summed E-state index contributed by atoms with van der Waals surface area (Å²) in [5.74, 6) is -0.750. The fourth-order valence-electron chi connectivity index (χ4n) is 5.56. The van der Waals surface area contributed by atoms with Crippen molar-refractivity contribution in [2.75, 3.05) is 36.0 Å². The molecule has 1 aromatic rings. The quantitative estimate of drug-likeness (QED) is 0.668. The first-order valence-corrected chi connectivity index (χ1v) is 11.9. The van der Waals surface area contributed by atoms with Crippen LogP contribution < -0.4 is 9.80 Å². The summed E-state index contributed by atoms with van der Waals surface area (Å²) in [6.07, 6.45) is 6.99. The van der Waals surface area contributed by atoms with Gasteiger partial charge in [-0.15, -0.1) is 0 Å². The lowest BCUT2D eigenvalue weighted by molar-refractivity contribution is -0.124. The maximum atomic E-state index is 13.0. The van der Waals surface area contributed by atoms with Crippen LogP contribution in [0.2, 0.25) is 0 Å². The topological polar surface area (TPSA) is 81.2 Å². The number of carbonyl (C=O) groups excluding carboxylic acids is 4. The van der Waals surface area contributed by atoms with E-state index in [-0.39, 0.29) is 48.6 Å². The molecule has 0 radical (unpaired) electrons. The molecule has 8 nitrogen and oxygen atoms in total. The molecule has 0 spiro atoms. The smallest absolute Gasteiger partial charge is 0.251 e. The van der Waals surface area contributed by atoms with Crippen molar-refractivity contribution in [3.05, 3.63) is 24.3 Å². The maximum Gasteiger partial charge on any atom is 0.251 e. The van der Waals surface area contributed by atoms with E-state index in [1.54, 1.807) is 24.3 Å². The van der Waals surface area contributed by atoms with E-state index in [1.807, 2.05) is 0 Å². The Balaban J connectivity index is 1.31. The zero-order valence-corrected chi connectivity index (χ0v) is 18.4. The number of hydrogen-bond acceptors (Lipinski definition) is 6. The summed E-state index contributed by atoms with van der Waals surface area (Å²) in [7, 11) is 0. The summed E-state index contributed by atoms with van der Waals surface area (Å²) in [4.78, 5) is 58.1. The maximum absolute atomic E-state index is 13.0. The normalized spacial score (nSPS) is 28.2. The van der Waals surface area contributed by atoms with E-state index in [0.717, 1.165) is 51.9 Å². The molecule has 4 amide bonds. The second-order valence-electron chi connectivity index (χ2n) is 9.28. The Morgan fingerprint density at radius 3 is 1.22 bits per heavy atom. The van der Waals surface area contributed by atoms with Gasteiger partial charge in [-0.05, 0) is 76.1 Å². The van der Waals surface area contributed by atoms with Crippen LogP contribution in [-0.4, -0.2) is 71.7 Å². The van der Waals surface area contributed by atoms with Crippen molar-refractivity contribution in [1.29, 1.82) is 0 Å². The molecule has 0 bridgehead atoms. The van der Waals surface area contributed by atoms with Gasteiger partial charge in [0.05, 0.1) is 36.3 Å². The standard InChI is InChI=1S/C24H30N4O4/c29-21-15-19(25-11-3-1-4-12-25)23(31)27(21)17-7-9-18(10-8-17)28-22(30)16-20(24(28)32)26-13-5-2-6-14-26/h7-10,19-20H,1-6,11-16H2/t19-,20-/m1/s1. The molecule has 4 aliphatic heterocycles. The lowest BCUT2D eigenvalue weighted by atomic mass is 10.1. The molecule has 0 aromatic heterocycles. The molecule has 0 N–H and O–H groups in total. The van der Waals surface area contributed by atoms with Gasteiger partial charge in [-0.2, -0.15) is 0 Å². The summed E-state index contributed by atoms with van der Waals surface area (Å²) >= 11 is 0. The number of rotatable bonds is 4. The number of benzene rings is 1. The number of anilines is 2. The molecule has 4 heterocycles. The van der Waals surface area contributed by atoms with Crippen LogP contribution in [-0.2, 0) is 19.2 Å². The number of hydrogen-bond donors (Lipinski definition) is 0. The Morgan fingerprint density at radius 1 is 0.531 bits per heavy atom. The van der Waals surface area contributed by atoms with Gasteiger partial charge in [0.1, 0.15) is 0 Å². The van der Waals surface area contributed by atoms with Gasteiger partial charge in [-0.25, -0.2) is 9.80 Å². The monoisotopic (exact) mass is 438 g/mol. The summed E-state index contributed by atoms with van der Waals surface area (Å²) in [5, 5.41) is 0. The van der Waals surface area contributed by atoms with Gasteiger partial charge in [0.15, 0.2) is 0 Å². The summed E-state index contributed by atoms with van der Waals surface area (Å²) in [5.41, 5.74) is 0.991. The molecule has 4 aliphatic rings. The fourth-order valence-corrected chi connectivity index (χ4v) is 5.56. The molecule has 1 aromatic carbocycles. The van der Waals surface area contributed by atoms with Gasteiger partial charge in [0, 0.05) is 0 Å². The molecule has 5 rings (SSSR count). The van der Waals surface area contributed by atoms with Gasteiger partial charge in [-0.3, -0.25) is 29.0 Å². The van der Waals surface area contributed by atoms with Crippen molar-refractivity contribution in [2.24, 2.45) is 0 Å². The van der Waals surface area contributed by atoms with Crippen LogP contribution >= 0.6 is 0 Å². The third-order valence-corrected chi connectivity index (χ3v) is 7.27. The Labute approximate surface area is 188 Å². The Bertz CT molecular complexity index is 843. The number of likely N-dealkylation sites (tertiary alicyclic amines) is 2. The minimum atomic E-state index is -0.380. The van der Waals surface area contributed by atoms with Crippen molar-refractivity contribution >= 4 is 35.0 Å². The summed E-state index contributed by atoms with van der Waals surface area (Å²) in [6, 6.07) is 5.90. The molecule has 0 saturated carbocycles. The highest BCUT2D eigenvalue weighted by Crippen LogP contribution is 2.31. The van der Waals surface area contributed by atoms with Crippen molar-refractivity contribution in [3.63, 3.8) is 0 Å². The van der Waals surface area contributed by atoms with E-state index in [4.69, 9.17) is 0 Å². The highest BCUT2D eigenvalue weighted by molar-refractivity contribution is 6.24. The molecule has 2 atom stereocenters. The van der Waals surface area contributed by atoms with E-state index in [2.05, 4.69) is 9.80 Å². The zero-order chi connectivity index (χ0) is 22.2. The van der Waals surface area contributed by atoms with Crippen LogP contribution in [0, 0.1) is 0 Å². The summed E-state index contributed by atoms with van der Waals surface area (Å²) < 4.78 is 0. The van der Waals surface area contributed by atoms with Gasteiger partial charge in [-0.1, -0.05) is 12.8 Å². The van der Waals surface area contributed by atoms with Crippen LogP contribution in [0.4, 0.5) is 11.4 Å². The molecular weight excluding hydrogens is 408 g/mol. The largest absolute Gasteiger partial charge is 0.292 e. The lowest BCUT2D eigenvalue weighted by Gasteiger charge is -2.30. The predicted molar refractivity (Wildman–Crippen MR) is 119 cm³/mol. The second kappa shape index (κ2) is 8.75. The van der Waals surface area contributed by atoms with Crippen LogP contribution in [0.1, 0.15) is 51.4 Å². The van der Waals surface area contributed by atoms with E-state index < -0.39 is 0 Å². The molecule has 170 valence electrons. The third-order valence-electron chi connectivity index (χ3n) is 7.27. The van der Waals surface area contributed by atoms with E-state index in [1.165, 1.54) is 22.6 Å². The van der Waals surface area contributed by atoms with Gasteiger partial charge < -0.3 is 0 Å². The average Bonchev–Trinajstić information content (AvgIpc) is 3.29. The highest BCUT2D eigenvalue weighted by atomic mass is 16.2. The van der Waals surface area contributed by atoms with E-state index >= 15 is 0 Å². The van der Waals surface area contributed by atoms with Crippen LogP contribution in [0.15, 0.2) is 24.3 Å². The average molecular weight is 439 g/mol. The Hall–Kier alpha value is -2.58. The number of imide groups is 2. The van der Waals surface area contributed by atoms with Crippen molar-refractivity contribution < 1.29 is 19.2 Å². The van der Waals surface area contributed by atoms with Crippen LogP contribution in [0.5, 0.6) is 0 Å². The van der Waals surface area contributed by atoms with Crippen LogP contribution in [0.25, 0.3) is 0 Å². The molecule has 0 unspecified atom stereocenters. The number of piperidine rings is 2. The Kier molecular flexibility index (Phi) is 5.82. The fraction of sp³-hybridized carbons (Fsp3) is 0.583. The SMILES string of the molecule is O=C1C[C@@H](N2CCCCC2)C(=O)N1c1ccc(N2C(=O)C[C@@H](N3CCCCC3)C2=O)cc1. The minimum Gasteiger partial charge on any atom is -0.292 e. The van der Waals surface area contributed by atoms with Gasteiger partial charge in [0.25, 0.3) is 11.8 Å². The molecule has 0 aliphatic carbocycles. The second-order valence-corrected chi connectivity index (χ2v) is 9.28. The van der Waals surface area contributed by atoms with Crippen LogP contribution in [0.3, 0.4) is 0 Å². The number of nitrogens with zero attached hydrogens (tertiary/aromatic N) is 4. The summed E-state index contributed by atoms with van der Waals surface area (Å²) in [6.45, 7) is 3.42. The van der Waals surface area contributed by atoms with E-state index in [9.17, 15) is 19.2 Å². The molecule has 8 heteroatoms. The van der Waals surface area contributed by atoms with Gasteiger partial charge in [0.2, 0.25) is 11.8 Å². The van der Waals surface area contributed by atoms with Crippen molar-refractivity contribution in [3.8, 4) is 0 Å². The number of carbonyl (C=O) groups is 4. The minimum absolute atomic E-state index is 0.178. The first-order valence-electron chi connectivity index (χ1n) is 11.9. The van der Waals surface area contributed by atoms with Crippen molar-refractivity contribution in [2.45, 2.75) is 63.5 Å². The van der Waals surface area contributed by atoms with E-state index in [0.29, 0.717) is 11.4 Å². The van der Waals surface area contributed by atoms with Gasteiger partial charge >= 0.3 is 0 Å². The molecule has 4 saturated heterocycles. The molecule has 32 heavy (non-hydrogen) atoms. The third kappa shape index (κ3) is 3.75. The first kappa shape index (κ1) is 21.3. The Morgan fingerprint density at radius 2 is 0.875 bits per heavy atom. The highest BCUT2D eigenvalue weighted by Gasteiger charge is 2.44. The van der Waals surface area contributed by atoms with Crippen molar-refractivity contribution in [1.82, 2.24) is 9.80 Å². The number of amides is 4.